The summed E-state index contributed by atoms with van der Waals surface area (Å²) in [5, 5.41) is 4.99. The second kappa shape index (κ2) is 12.7. The average molecular weight is 769 g/mol. The number of hydrogen-bond donors (Lipinski definition) is 0. The molecule has 60 heavy (non-hydrogen) atoms. The smallest absolute Gasteiger partial charge is 0.0543 e. The SMILES string of the molecule is CC1(C)c2ccccc2-c2c(N(c3cc(-c4ccc(-n5c6ccccc6c6ccccc65)cc4)c4ccccc4c3)c3cccc4c3-c3ccccc3C4(C)C)cccc21. The van der Waals surface area contributed by atoms with Crippen molar-refractivity contribution in [1.29, 1.82) is 0 Å². The van der Waals surface area contributed by atoms with Crippen molar-refractivity contribution in [3.05, 3.63) is 216 Å². The number of fused-ring (bicyclic) bond motifs is 10. The van der Waals surface area contributed by atoms with Crippen molar-refractivity contribution in [2.24, 2.45) is 0 Å². The summed E-state index contributed by atoms with van der Waals surface area (Å²) >= 11 is 0. The molecule has 9 aromatic carbocycles. The highest BCUT2D eigenvalue weighted by molar-refractivity contribution is 6.09. The molecular weight excluding hydrogens is 725 g/mol. The fourth-order valence-corrected chi connectivity index (χ4v) is 10.9. The standard InChI is InChI=1S/C58H44N2/c1-57(2)47-23-11-7-21-44(47)55-49(57)25-15-29-53(55)60(54-30-16-26-50-56(54)45-22-8-12-24-48(45)58(50,3)4)40-35-38-17-5-6-18-41(38)46(36-40)37-31-33-39(34-32-37)59-51-27-13-9-19-42(51)43-20-10-14-28-52(43)59/h5-36H,1-4H3. The van der Waals surface area contributed by atoms with Crippen LogP contribution in [0.25, 0.3) is 71.6 Å². The molecule has 0 N–H and O–H groups in total. The van der Waals surface area contributed by atoms with E-state index in [4.69, 9.17) is 0 Å². The van der Waals surface area contributed by atoms with Crippen molar-refractivity contribution < 1.29 is 0 Å². The van der Waals surface area contributed by atoms with Gasteiger partial charge in [-0.3, -0.25) is 0 Å². The maximum absolute atomic E-state index is 2.58. The van der Waals surface area contributed by atoms with Crippen molar-refractivity contribution in [2.75, 3.05) is 4.90 Å². The minimum atomic E-state index is -0.131. The van der Waals surface area contributed by atoms with E-state index >= 15 is 0 Å². The Morgan fingerprint density at radius 3 is 1.42 bits per heavy atom. The number of para-hydroxylation sites is 2. The monoisotopic (exact) mass is 768 g/mol. The molecule has 0 spiro atoms. The van der Waals surface area contributed by atoms with E-state index in [-0.39, 0.29) is 10.8 Å². The van der Waals surface area contributed by atoms with Gasteiger partial charge in [0.2, 0.25) is 0 Å². The second-order valence-electron chi connectivity index (χ2n) is 17.7. The van der Waals surface area contributed by atoms with Crippen molar-refractivity contribution in [3.63, 3.8) is 0 Å². The van der Waals surface area contributed by atoms with Crippen LogP contribution in [0.15, 0.2) is 194 Å². The fraction of sp³-hybridized carbons (Fsp3) is 0.103. The largest absolute Gasteiger partial charge is 0.309 e. The van der Waals surface area contributed by atoms with Crippen molar-refractivity contribution in [2.45, 2.75) is 38.5 Å². The van der Waals surface area contributed by atoms with Crippen LogP contribution in [0, 0.1) is 0 Å². The molecule has 0 saturated heterocycles. The van der Waals surface area contributed by atoms with E-state index in [9.17, 15) is 0 Å². The Bertz CT molecular complexity index is 3220. The third-order valence-electron chi connectivity index (χ3n) is 13.8. The minimum Gasteiger partial charge on any atom is -0.309 e. The number of nitrogens with zero attached hydrogens (tertiary/aromatic N) is 2. The van der Waals surface area contributed by atoms with Gasteiger partial charge in [0, 0.05) is 44.1 Å². The summed E-state index contributed by atoms with van der Waals surface area (Å²) in [7, 11) is 0. The van der Waals surface area contributed by atoms with Crippen LogP contribution >= 0.6 is 0 Å². The first-order valence-electron chi connectivity index (χ1n) is 21.2. The van der Waals surface area contributed by atoms with Gasteiger partial charge in [0.1, 0.15) is 0 Å². The highest BCUT2D eigenvalue weighted by atomic mass is 15.1. The fourth-order valence-electron chi connectivity index (χ4n) is 10.9. The number of benzene rings is 9. The third kappa shape index (κ3) is 4.82. The molecule has 0 radical (unpaired) electrons. The van der Waals surface area contributed by atoms with Gasteiger partial charge in [-0.15, -0.1) is 0 Å². The van der Waals surface area contributed by atoms with Gasteiger partial charge >= 0.3 is 0 Å². The van der Waals surface area contributed by atoms with Crippen LogP contribution in [-0.2, 0) is 10.8 Å². The zero-order valence-electron chi connectivity index (χ0n) is 34.4. The Balaban J connectivity index is 1.11. The van der Waals surface area contributed by atoms with Crippen molar-refractivity contribution >= 4 is 49.6 Å². The lowest BCUT2D eigenvalue weighted by molar-refractivity contribution is 0.660. The molecule has 0 saturated carbocycles. The Kier molecular flexibility index (Phi) is 7.36. The zero-order valence-corrected chi connectivity index (χ0v) is 34.4. The Hall–Kier alpha value is -7.16. The molecule has 0 unspecified atom stereocenters. The van der Waals surface area contributed by atoms with E-state index in [1.54, 1.807) is 0 Å². The molecule has 1 aromatic heterocycles. The van der Waals surface area contributed by atoms with Crippen LogP contribution in [0.1, 0.15) is 49.9 Å². The lowest BCUT2D eigenvalue weighted by atomic mass is 9.82. The van der Waals surface area contributed by atoms with Gasteiger partial charge in [0.25, 0.3) is 0 Å². The van der Waals surface area contributed by atoms with Gasteiger partial charge in [-0.1, -0.05) is 173 Å². The van der Waals surface area contributed by atoms with Gasteiger partial charge in [-0.25, -0.2) is 0 Å². The molecule has 2 aliphatic rings. The summed E-state index contributed by atoms with van der Waals surface area (Å²) in [6.07, 6.45) is 0. The lowest BCUT2D eigenvalue weighted by Gasteiger charge is -2.32. The van der Waals surface area contributed by atoms with Crippen LogP contribution in [0.5, 0.6) is 0 Å². The molecule has 2 nitrogen and oxygen atoms in total. The van der Waals surface area contributed by atoms with Crippen LogP contribution in [-0.4, -0.2) is 4.57 Å². The first-order chi connectivity index (χ1) is 29.3. The number of rotatable bonds is 5. The molecule has 12 rings (SSSR count). The van der Waals surface area contributed by atoms with E-state index < -0.39 is 0 Å². The maximum Gasteiger partial charge on any atom is 0.0543 e. The number of anilines is 3. The first-order valence-corrected chi connectivity index (χ1v) is 21.2. The highest BCUT2D eigenvalue weighted by Gasteiger charge is 2.40. The molecule has 0 atom stereocenters. The van der Waals surface area contributed by atoms with Gasteiger partial charge in [0.05, 0.1) is 22.4 Å². The van der Waals surface area contributed by atoms with E-state index in [1.807, 2.05) is 0 Å². The van der Waals surface area contributed by atoms with Crippen LogP contribution in [0.3, 0.4) is 0 Å². The topological polar surface area (TPSA) is 8.17 Å². The highest BCUT2D eigenvalue weighted by Crippen LogP contribution is 2.58. The summed E-state index contributed by atoms with van der Waals surface area (Å²) in [5.74, 6) is 0. The first kappa shape index (κ1) is 34.8. The molecule has 2 heteroatoms. The van der Waals surface area contributed by atoms with E-state index in [1.165, 1.54) is 99.6 Å². The van der Waals surface area contributed by atoms with E-state index in [2.05, 4.69) is 231 Å². The molecule has 10 aromatic rings. The molecule has 286 valence electrons. The summed E-state index contributed by atoms with van der Waals surface area (Å²) in [5.41, 5.74) is 20.0. The lowest BCUT2D eigenvalue weighted by Crippen LogP contribution is -2.17. The predicted octanol–water partition coefficient (Wildman–Crippen LogP) is 15.7. The second-order valence-corrected chi connectivity index (χ2v) is 17.7. The molecule has 0 bridgehead atoms. The Morgan fingerprint density at radius 1 is 0.383 bits per heavy atom. The van der Waals surface area contributed by atoms with Crippen molar-refractivity contribution in [3.8, 4) is 39.1 Å². The van der Waals surface area contributed by atoms with E-state index in [0.717, 1.165) is 11.4 Å². The number of aromatic nitrogens is 1. The Labute approximate surface area is 351 Å². The van der Waals surface area contributed by atoms with Crippen LogP contribution in [0.4, 0.5) is 17.1 Å². The Morgan fingerprint density at radius 2 is 0.850 bits per heavy atom. The average Bonchev–Trinajstić information content (AvgIpc) is 3.84. The molecule has 0 amide bonds. The third-order valence-corrected chi connectivity index (χ3v) is 13.8. The number of hydrogen-bond acceptors (Lipinski definition) is 1. The molecule has 1 heterocycles. The quantitative estimate of drug-likeness (QED) is 0.169. The summed E-state index contributed by atoms with van der Waals surface area (Å²) in [6.45, 7) is 9.51. The van der Waals surface area contributed by atoms with Gasteiger partial charge in [0.15, 0.2) is 0 Å². The predicted molar refractivity (Wildman–Crippen MR) is 254 cm³/mol. The zero-order chi connectivity index (χ0) is 40.3. The summed E-state index contributed by atoms with van der Waals surface area (Å²) in [6, 6.07) is 72.4. The summed E-state index contributed by atoms with van der Waals surface area (Å²) in [4.78, 5) is 2.58. The van der Waals surface area contributed by atoms with Gasteiger partial charge in [-0.05, 0) is 104 Å². The van der Waals surface area contributed by atoms with Gasteiger partial charge < -0.3 is 9.47 Å². The van der Waals surface area contributed by atoms with Gasteiger partial charge in [-0.2, -0.15) is 0 Å². The normalized spacial score (nSPS) is 14.3. The minimum absolute atomic E-state index is 0.131. The van der Waals surface area contributed by atoms with Crippen molar-refractivity contribution in [1.82, 2.24) is 4.57 Å². The maximum atomic E-state index is 2.58. The van der Waals surface area contributed by atoms with Crippen LogP contribution in [0.2, 0.25) is 0 Å². The molecule has 0 aliphatic heterocycles. The summed E-state index contributed by atoms with van der Waals surface area (Å²) < 4.78 is 2.40. The van der Waals surface area contributed by atoms with E-state index in [0.29, 0.717) is 0 Å². The molecule has 2 aliphatic carbocycles. The molecule has 0 fully saturated rings. The van der Waals surface area contributed by atoms with Crippen LogP contribution < -0.4 is 4.90 Å². The molecular formula is C58H44N2.